The number of nitrogens with one attached hydrogen (secondary N) is 1. The topological polar surface area (TPSA) is 45.1 Å². The second-order valence-electron chi connectivity index (χ2n) is 4.40. The zero-order valence-corrected chi connectivity index (χ0v) is 9.19. The normalized spacial score (nSPS) is 25.4. The van der Waals surface area contributed by atoms with Crippen LogP contribution >= 0.6 is 0 Å². The fourth-order valence-electron chi connectivity index (χ4n) is 2.20. The van der Waals surface area contributed by atoms with Crippen molar-refractivity contribution in [3.8, 4) is 0 Å². The number of hydrogen-bond donors (Lipinski definition) is 2. The summed E-state index contributed by atoms with van der Waals surface area (Å²) in [5, 5.41) is 12.5. The van der Waals surface area contributed by atoms with Gasteiger partial charge in [0.05, 0.1) is 6.10 Å². The lowest BCUT2D eigenvalue weighted by atomic mass is 9.87. The van der Waals surface area contributed by atoms with E-state index in [1.54, 1.807) is 12.3 Å². The second kappa shape index (κ2) is 5.25. The summed E-state index contributed by atoms with van der Waals surface area (Å²) in [4.78, 5) is 3.93. The zero-order chi connectivity index (χ0) is 11.4. The molecule has 0 saturated heterocycles. The predicted molar refractivity (Wildman–Crippen MR) is 60.6 cm³/mol. The summed E-state index contributed by atoms with van der Waals surface area (Å²) in [7, 11) is 0. The third-order valence-corrected chi connectivity index (χ3v) is 3.07. The number of pyridine rings is 1. The van der Waals surface area contributed by atoms with E-state index in [1.807, 2.05) is 0 Å². The summed E-state index contributed by atoms with van der Waals surface area (Å²) >= 11 is 0. The molecule has 0 amide bonds. The van der Waals surface area contributed by atoms with Gasteiger partial charge in [-0.2, -0.15) is 0 Å². The molecule has 0 radical (unpaired) electrons. The van der Waals surface area contributed by atoms with Gasteiger partial charge in [0.2, 0.25) is 0 Å². The van der Waals surface area contributed by atoms with Gasteiger partial charge in [-0.25, -0.2) is 9.37 Å². The van der Waals surface area contributed by atoms with Crippen molar-refractivity contribution in [3.63, 3.8) is 0 Å². The third kappa shape index (κ3) is 2.92. The molecule has 0 aliphatic heterocycles. The van der Waals surface area contributed by atoms with Gasteiger partial charge in [-0.1, -0.05) is 6.42 Å². The molecule has 2 atom stereocenters. The second-order valence-corrected chi connectivity index (χ2v) is 4.40. The number of anilines is 1. The maximum absolute atomic E-state index is 13.2. The molecular formula is C12H17FN2O. The lowest BCUT2D eigenvalue weighted by Gasteiger charge is -2.26. The number of aliphatic hydroxyl groups is 1. The summed E-state index contributed by atoms with van der Waals surface area (Å²) in [6.07, 6.45) is 5.24. The molecule has 0 spiro atoms. The minimum atomic E-state index is -0.321. The molecular weight excluding hydrogens is 207 g/mol. The molecule has 2 N–H and O–H groups in total. The van der Waals surface area contributed by atoms with Gasteiger partial charge < -0.3 is 10.4 Å². The Balaban J connectivity index is 1.85. The minimum Gasteiger partial charge on any atom is -0.393 e. The van der Waals surface area contributed by atoms with Crippen molar-refractivity contribution >= 4 is 5.82 Å². The SMILES string of the molecule is OC1CCCC(CNc2ncccc2F)C1. The van der Waals surface area contributed by atoms with Gasteiger partial charge in [-0.05, 0) is 37.3 Å². The molecule has 3 nitrogen and oxygen atoms in total. The molecule has 1 aromatic rings. The van der Waals surface area contributed by atoms with Gasteiger partial charge in [-0.3, -0.25) is 0 Å². The van der Waals surface area contributed by atoms with Crippen LogP contribution in [0.1, 0.15) is 25.7 Å². The number of nitrogens with zero attached hydrogens (tertiary/aromatic N) is 1. The smallest absolute Gasteiger partial charge is 0.165 e. The first-order valence-corrected chi connectivity index (χ1v) is 5.78. The average molecular weight is 224 g/mol. The van der Waals surface area contributed by atoms with E-state index in [-0.39, 0.29) is 11.9 Å². The Morgan fingerprint density at radius 3 is 3.12 bits per heavy atom. The molecule has 2 rings (SSSR count). The molecule has 4 heteroatoms. The van der Waals surface area contributed by atoms with Crippen molar-refractivity contribution in [1.29, 1.82) is 0 Å². The third-order valence-electron chi connectivity index (χ3n) is 3.07. The number of rotatable bonds is 3. The predicted octanol–water partition coefficient (Wildman–Crippen LogP) is 2.18. The highest BCUT2D eigenvalue weighted by molar-refractivity contribution is 5.35. The van der Waals surface area contributed by atoms with Crippen LogP contribution in [0.2, 0.25) is 0 Å². The molecule has 0 aromatic carbocycles. The van der Waals surface area contributed by atoms with Gasteiger partial charge in [0.15, 0.2) is 11.6 Å². The maximum Gasteiger partial charge on any atom is 0.165 e. The number of halogens is 1. The molecule has 1 saturated carbocycles. The number of aliphatic hydroxyl groups excluding tert-OH is 1. The highest BCUT2D eigenvalue weighted by Gasteiger charge is 2.20. The van der Waals surface area contributed by atoms with Crippen LogP contribution in [0.25, 0.3) is 0 Å². The van der Waals surface area contributed by atoms with Crippen molar-refractivity contribution < 1.29 is 9.50 Å². The van der Waals surface area contributed by atoms with Crippen LogP contribution in [-0.4, -0.2) is 22.7 Å². The first-order chi connectivity index (χ1) is 7.75. The van der Waals surface area contributed by atoms with Gasteiger partial charge in [0, 0.05) is 12.7 Å². The Bertz CT molecular complexity index is 346. The van der Waals surface area contributed by atoms with Crippen LogP contribution in [0.5, 0.6) is 0 Å². The number of aromatic nitrogens is 1. The van der Waals surface area contributed by atoms with E-state index >= 15 is 0 Å². The fraction of sp³-hybridized carbons (Fsp3) is 0.583. The van der Waals surface area contributed by atoms with Gasteiger partial charge in [0.25, 0.3) is 0 Å². The average Bonchev–Trinajstić information content (AvgIpc) is 2.28. The molecule has 1 heterocycles. The molecule has 1 aromatic heterocycles. The van der Waals surface area contributed by atoms with Crippen molar-refractivity contribution in [2.75, 3.05) is 11.9 Å². The van der Waals surface area contributed by atoms with E-state index in [2.05, 4.69) is 10.3 Å². The van der Waals surface area contributed by atoms with E-state index in [0.29, 0.717) is 18.3 Å². The van der Waals surface area contributed by atoms with Crippen molar-refractivity contribution in [2.45, 2.75) is 31.8 Å². The molecule has 0 bridgehead atoms. The van der Waals surface area contributed by atoms with Crippen molar-refractivity contribution in [3.05, 3.63) is 24.1 Å². The monoisotopic (exact) mass is 224 g/mol. The largest absolute Gasteiger partial charge is 0.393 e. The first kappa shape index (κ1) is 11.3. The van der Waals surface area contributed by atoms with Crippen molar-refractivity contribution in [1.82, 2.24) is 4.98 Å². The fourth-order valence-corrected chi connectivity index (χ4v) is 2.20. The van der Waals surface area contributed by atoms with Gasteiger partial charge in [-0.15, -0.1) is 0 Å². The Labute approximate surface area is 94.7 Å². The first-order valence-electron chi connectivity index (χ1n) is 5.78. The Kier molecular flexibility index (Phi) is 3.72. The molecule has 1 aliphatic carbocycles. The maximum atomic E-state index is 13.2. The Hall–Kier alpha value is -1.16. The Morgan fingerprint density at radius 2 is 2.38 bits per heavy atom. The molecule has 88 valence electrons. The lowest BCUT2D eigenvalue weighted by molar-refractivity contribution is 0.104. The van der Waals surface area contributed by atoms with Gasteiger partial charge in [0.1, 0.15) is 0 Å². The van der Waals surface area contributed by atoms with E-state index in [1.165, 1.54) is 6.07 Å². The molecule has 1 aliphatic rings. The van der Waals surface area contributed by atoms with Crippen LogP contribution in [0, 0.1) is 11.7 Å². The van der Waals surface area contributed by atoms with E-state index in [9.17, 15) is 9.50 Å². The van der Waals surface area contributed by atoms with E-state index in [0.717, 1.165) is 25.7 Å². The summed E-state index contributed by atoms with van der Waals surface area (Å²) in [5.74, 6) is 0.409. The summed E-state index contributed by atoms with van der Waals surface area (Å²) in [6, 6.07) is 2.97. The zero-order valence-electron chi connectivity index (χ0n) is 9.19. The van der Waals surface area contributed by atoms with Crippen LogP contribution in [0.3, 0.4) is 0 Å². The van der Waals surface area contributed by atoms with Crippen LogP contribution < -0.4 is 5.32 Å². The summed E-state index contributed by atoms with van der Waals surface area (Å²) in [6.45, 7) is 0.686. The van der Waals surface area contributed by atoms with Crippen LogP contribution in [0.4, 0.5) is 10.2 Å². The van der Waals surface area contributed by atoms with Gasteiger partial charge >= 0.3 is 0 Å². The standard InChI is InChI=1S/C12H17FN2O/c13-11-5-2-6-14-12(11)15-8-9-3-1-4-10(16)7-9/h2,5-6,9-10,16H,1,3-4,7-8H2,(H,14,15). The van der Waals surface area contributed by atoms with Crippen LogP contribution in [0.15, 0.2) is 18.3 Å². The summed E-state index contributed by atoms with van der Waals surface area (Å²) in [5.41, 5.74) is 0. The minimum absolute atomic E-state index is 0.186. The Morgan fingerprint density at radius 1 is 1.50 bits per heavy atom. The molecule has 2 unspecified atom stereocenters. The van der Waals surface area contributed by atoms with Crippen LogP contribution in [-0.2, 0) is 0 Å². The number of hydrogen-bond acceptors (Lipinski definition) is 3. The highest BCUT2D eigenvalue weighted by Crippen LogP contribution is 2.24. The van der Waals surface area contributed by atoms with E-state index < -0.39 is 0 Å². The quantitative estimate of drug-likeness (QED) is 0.827. The summed E-state index contributed by atoms with van der Waals surface area (Å²) < 4.78 is 13.2. The lowest BCUT2D eigenvalue weighted by Crippen LogP contribution is -2.25. The molecule has 1 fully saturated rings. The van der Waals surface area contributed by atoms with Crippen molar-refractivity contribution in [2.24, 2.45) is 5.92 Å². The van der Waals surface area contributed by atoms with E-state index in [4.69, 9.17) is 0 Å². The highest BCUT2D eigenvalue weighted by atomic mass is 19.1. The molecule has 16 heavy (non-hydrogen) atoms.